The van der Waals surface area contributed by atoms with Gasteiger partial charge in [0.2, 0.25) is 0 Å². The van der Waals surface area contributed by atoms with E-state index in [1.165, 1.54) is 57.2 Å². The molecule has 1 aromatic rings. The molecule has 0 radical (unpaired) electrons. The van der Waals surface area contributed by atoms with E-state index in [2.05, 4.69) is 42.1 Å². The Morgan fingerprint density at radius 1 is 0.944 bits per heavy atom. The van der Waals surface area contributed by atoms with Crippen LogP contribution in [0.2, 0.25) is 0 Å². The van der Waals surface area contributed by atoms with Crippen LogP contribution in [0.25, 0.3) is 0 Å². The fraction of sp³-hybridized carbons (Fsp3) is 0.750. The molecule has 1 heterocycles. The molecule has 0 aliphatic carbocycles. The first-order chi connectivity index (χ1) is 8.88. The fourth-order valence-corrected chi connectivity index (χ4v) is 2.25. The van der Waals surface area contributed by atoms with Gasteiger partial charge in [-0.1, -0.05) is 52.4 Å². The summed E-state index contributed by atoms with van der Waals surface area (Å²) in [5.41, 5.74) is 0. The molecule has 0 aliphatic heterocycles. The molecule has 1 rings (SSSR count). The van der Waals surface area contributed by atoms with Crippen LogP contribution < -0.4 is 5.32 Å². The van der Waals surface area contributed by atoms with Crippen molar-refractivity contribution < 1.29 is 0 Å². The van der Waals surface area contributed by atoms with Crippen LogP contribution >= 0.6 is 0 Å². The first kappa shape index (κ1) is 15.1. The van der Waals surface area contributed by atoms with Crippen molar-refractivity contribution in [2.24, 2.45) is 0 Å². The van der Waals surface area contributed by atoms with Gasteiger partial charge in [0.15, 0.2) is 0 Å². The number of hydrogen-bond acceptors (Lipinski definition) is 1. The Balaban J connectivity index is 2.18. The van der Waals surface area contributed by atoms with Crippen molar-refractivity contribution in [3.05, 3.63) is 18.3 Å². The van der Waals surface area contributed by atoms with Crippen LogP contribution in [0.5, 0.6) is 0 Å². The third-order valence-corrected chi connectivity index (χ3v) is 3.42. The molecule has 0 bridgehead atoms. The molecule has 0 aliphatic rings. The second kappa shape index (κ2) is 10.0. The summed E-state index contributed by atoms with van der Waals surface area (Å²) in [6, 6.07) is 4.34. The summed E-state index contributed by atoms with van der Waals surface area (Å²) in [5, 5.41) is 3.56. The number of nitrogens with zero attached hydrogens (tertiary/aromatic N) is 1. The monoisotopic (exact) mass is 250 g/mol. The van der Waals surface area contributed by atoms with E-state index in [-0.39, 0.29) is 0 Å². The molecule has 2 heteroatoms. The summed E-state index contributed by atoms with van der Waals surface area (Å²) in [4.78, 5) is 0. The van der Waals surface area contributed by atoms with Crippen molar-refractivity contribution in [1.29, 1.82) is 0 Å². The van der Waals surface area contributed by atoms with Crippen molar-refractivity contribution in [3.63, 3.8) is 0 Å². The molecule has 104 valence electrons. The maximum Gasteiger partial charge on any atom is 0.105 e. The standard InChI is InChI=1S/C16H30N2/c1-3-5-7-9-13-17-16-12-11-15-18(16)14-10-8-6-4-2/h11-12,15,17H,3-10,13-14H2,1-2H3. The van der Waals surface area contributed by atoms with Crippen molar-refractivity contribution >= 4 is 5.82 Å². The van der Waals surface area contributed by atoms with Crippen LogP contribution in [0, 0.1) is 0 Å². The third kappa shape index (κ3) is 6.13. The molecule has 0 amide bonds. The first-order valence-corrected chi connectivity index (χ1v) is 7.77. The third-order valence-electron chi connectivity index (χ3n) is 3.42. The van der Waals surface area contributed by atoms with Gasteiger partial charge in [-0.2, -0.15) is 0 Å². The van der Waals surface area contributed by atoms with E-state index in [1.54, 1.807) is 0 Å². The Bertz CT molecular complexity index is 291. The Labute approximate surface area is 113 Å². The summed E-state index contributed by atoms with van der Waals surface area (Å²) in [5.74, 6) is 1.29. The summed E-state index contributed by atoms with van der Waals surface area (Å²) in [6.45, 7) is 6.79. The fourth-order valence-electron chi connectivity index (χ4n) is 2.25. The van der Waals surface area contributed by atoms with E-state index in [0.717, 1.165) is 13.1 Å². The Kier molecular flexibility index (Phi) is 8.45. The highest BCUT2D eigenvalue weighted by molar-refractivity contribution is 5.36. The number of anilines is 1. The van der Waals surface area contributed by atoms with Gasteiger partial charge in [0.05, 0.1) is 0 Å². The summed E-state index contributed by atoms with van der Waals surface area (Å²) >= 11 is 0. The van der Waals surface area contributed by atoms with Crippen molar-refractivity contribution in [1.82, 2.24) is 4.57 Å². The molecule has 18 heavy (non-hydrogen) atoms. The van der Waals surface area contributed by atoms with Gasteiger partial charge >= 0.3 is 0 Å². The molecule has 2 nitrogen and oxygen atoms in total. The number of rotatable bonds is 11. The van der Waals surface area contributed by atoms with Crippen LogP contribution in [-0.2, 0) is 6.54 Å². The largest absolute Gasteiger partial charge is 0.371 e. The minimum Gasteiger partial charge on any atom is -0.371 e. The summed E-state index contributed by atoms with van der Waals surface area (Å²) in [6.07, 6.45) is 12.8. The summed E-state index contributed by atoms with van der Waals surface area (Å²) in [7, 11) is 0. The lowest BCUT2D eigenvalue weighted by Gasteiger charge is -2.11. The number of aryl methyl sites for hydroxylation is 1. The molecular formula is C16H30N2. The van der Waals surface area contributed by atoms with Gasteiger partial charge in [-0.15, -0.1) is 0 Å². The van der Waals surface area contributed by atoms with Gasteiger partial charge in [0.1, 0.15) is 5.82 Å². The molecule has 0 spiro atoms. The molecule has 1 aromatic heterocycles. The SMILES string of the molecule is CCCCCCNc1cccn1CCCCCC. The van der Waals surface area contributed by atoms with E-state index in [1.807, 2.05) is 0 Å². The number of nitrogens with one attached hydrogen (secondary N) is 1. The van der Waals surface area contributed by atoms with Gasteiger partial charge in [0.25, 0.3) is 0 Å². The van der Waals surface area contributed by atoms with E-state index in [9.17, 15) is 0 Å². The maximum absolute atomic E-state index is 3.56. The minimum absolute atomic E-state index is 1.11. The zero-order chi connectivity index (χ0) is 13.1. The molecule has 1 N–H and O–H groups in total. The lowest BCUT2D eigenvalue weighted by Crippen LogP contribution is -2.07. The molecule has 0 saturated heterocycles. The normalized spacial score (nSPS) is 10.8. The van der Waals surface area contributed by atoms with Crippen LogP contribution in [0.1, 0.15) is 65.2 Å². The van der Waals surface area contributed by atoms with Crippen LogP contribution in [0.15, 0.2) is 18.3 Å². The zero-order valence-electron chi connectivity index (χ0n) is 12.3. The van der Waals surface area contributed by atoms with Gasteiger partial charge in [-0.05, 0) is 25.0 Å². The van der Waals surface area contributed by atoms with Gasteiger partial charge in [-0.25, -0.2) is 0 Å². The Morgan fingerprint density at radius 2 is 1.67 bits per heavy atom. The number of aromatic nitrogens is 1. The van der Waals surface area contributed by atoms with Gasteiger partial charge in [-0.3, -0.25) is 0 Å². The van der Waals surface area contributed by atoms with E-state index < -0.39 is 0 Å². The minimum atomic E-state index is 1.11. The molecule has 0 atom stereocenters. The topological polar surface area (TPSA) is 17.0 Å². The second-order valence-corrected chi connectivity index (χ2v) is 5.13. The van der Waals surface area contributed by atoms with Gasteiger partial charge in [0, 0.05) is 19.3 Å². The highest BCUT2D eigenvalue weighted by atomic mass is 15.1. The predicted molar refractivity (Wildman–Crippen MR) is 81.2 cm³/mol. The smallest absolute Gasteiger partial charge is 0.105 e. The zero-order valence-corrected chi connectivity index (χ0v) is 12.3. The Morgan fingerprint density at radius 3 is 2.39 bits per heavy atom. The highest BCUT2D eigenvalue weighted by Gasteiger charge is 1.99. The second-order valence-electron chi connectivity index (χ2n) is 5.13. The van der Waals surface area contributed by atoms with E-state index in [4.69, 9.17) is 0 Å². The molecule has 0 saturated carbocycles. The van der Waals surface area contributed by atoms with Gasteiger partial charge < -0.3 is 9.88 Å². The summed E-state index contributed by atoms with van der Waals surface area (Å²) < 4.78 is 2.36. The Hall–Kier alpha value is -0.920. The van der Waals surface area contributed by atoms with E-state index in [0.29, 0.717) is 0 Å². The number of unbranched alkanes of at least 4 members (excludes halogenated alkanes) is 6. The number of hydrogen-bond donors (Lipinski definition) is 1. The quantitative estimate of drug-likeness (QED) is 0.543. The van der Waals surface area contributed by atoms with Crippen LogP contribution in [-0.4, -0.2) is 11.1 Å². The molecule has 0 aromatic carbocycles. The lowest BCUT2D eigenvalue weighted by molar-refractivity contribution is 0.585. The molecular weight excluding hydrogens is 220 g/mol. The van der Waals surface area contributed by atoms with Crippen molar-refractivity contribution in [2.45, 2.75) is 71.8 Å². The van der Waals surface area contributed by atoms with Crippen molar-refractivity contribution in [3.8, 4) is 0 Å². The van der Waals surface area contributed by atoms with Crippen molar-refractivity contribution in [2.75, 3.05) is 11.9 Å². The average molecular weight is 250 g/mol. The molecule has 0 fully saturated rings. The van der Waals surface area contributed by atoms with E-state index >= 15 is 0 Å². The molecule has 0 unspecified atom stereocenters. The highest BCUT2D eigenvalue weighted by Crippen LogP contribution is 2.12. The average Bonchev–Trinajstić information content (AvgIpc) is 2.82. The lowest BCUT2D eigenvalue weighted by atomic mass is 10.2. The predicted octanol–water partition coefficient (Wildman–Crippen LogP) is 5.06. The van der Waals surface area contributed by atoms with Crippen LogP contribution in [0.3, 0.4) is 0 Å². The first-order valence-electron chi connectivity index (χ1n) is 7.77. The van der Waals surface area contributed by atoms with Crippen LogP contribution in [0.4, 0.5) is 5.82 Å². The maximum atomic E-state index is 3.56.